The van der Waals surface area contributed by atoms with Crippen LogP contribution in [0.3, 0.4) is 0 Å². The molecule has 0 saturated heterocycles. The van der Waals surface area contributed by atoms with Crippen LogP contribution in [0.15, 0.2) is 77.8 Å². The standard InChI is InChI=1S/C21H13F3N2O2/c22-21(23,24)13-5-3-6-14(11-13)25-19-17-9-1-2-10-18(17)26(20(19)28)15-7-4-8-16(27)12-15/h1-12,27H/b25-19-. The first-order valence-corrected chi connectivity index (χ1v) is 8.33. The molecule has 0 spiro atoms. The second kappa shape index (κ2) is 6.53. The Balaban J connectivity index is 1.83. The number of phenolic OH excluding ortho intramolecular Hbond substituents is 1. The number of carbonyl (C=O) groups is 1. The average molecular weight is 382 g/mol. The van der Waals surface area contributed by atoms with Crippen molar-refractivity contribution in [2.45, 2.75) is 6.18 Å². The number of aliphatic imine (C=N–C) groups is 1. The lowest BCUT2D eigenvalue weighted by Gasteiger charge is -2.17. The van der Waals surface area contributed by atoms with E-state index in [1.807, 2.05) is 0 Å². The molecule has 3 aromatic rings. The smallest absolute Gasteiger partial charge is 0.416 e. The number of amides is 1. The minimum Gasteiger partial charge on any atom is -0.508 e. The average Bonchev–Trinajstić information content (AvgIpc) is 2.93. The third-order valence-corrected chi connectivity index (χ3v) is 4.31. The van der Waals surface area contributed by atoms with Crippen LogP contribution >= 0.6 is 0 Å². The molecule has 0 fully saturated rings. The summed E-state index contributed by atoms with van der Waals surface area (Å²) in [5.74, 6) is -0.490. The number of para-hydroxylation sites is 1. The molecule has 0 radical (unpaired) electrons. The van der Waals surface area contributed by atoms with E-state index in [1.165, 1.54) is 29.2 Å². The first kappa shape index (κ1) is 17.8. The molecular weight excluding hydrogens is 369 g/mol. The minimum absolute atomic E-state index is 0.00829. The monoisotopic (exact) mass is 382 g/mol. The van der Waals surface area contributed by atoms with Crippen molar-refractivity contribution >= 4 is 28.7 Å². The highest BCUT2D eigenvalue weighted by Gasteiger charge is 2.35. The second-order valence-electron chi connectivity index (χ2n) is 6.19. The highest BCUT2D eigenvalue weighted by molar-refractivity contribution is 6.56. The Bertz CT molecular complexity index is 1110. The lowest BCUT2D eigenvalue weighted by molar-refractivity contribution is -0.137. The van der Waals surface area contributed by atoms with Gasteiger partial charge in [0.05, 0.1) is 22.6 Å². The number of halogens is 3. The van der Waals surface area contributed by atoms with Crippen molar-refractivity contribution in [3.8, 4) is 5.75 Å². The topological polar surface area (TPSA) is 52.9 Å². The number of rotatable bonds is 2. The van der Waals surface area contributed by atoms with E-state index in [0.29, 0.717) is 16.9 Å². The maximum atomic E-state index is 13.1. The lowest BCUT2D eigenvalue weighted by atomic mass is 10.1. The fourth-order valence-electron chi connectivity index (χ4n) is 3.08. The molecule has 4 nitrogen and oxygen atoms in total. The summed E-state index contributed by atoms with van der Waals surface area (Å²) in [6.45, 7) is 0. The number of hydrogen-bond acceptors (Lipinski definition) is 3. The van der Waals surface area contributed by atoms with Gasteiger partial charge in [0.25, 0.3) is 5.91 Å². The Morgan fingerprint density at radius 3 is 2.39 bits per heavy atom. The molecule has 1 aliphatic rings. The molecule has 1 heterocycles. The number of nitrogens with zero attached hydrogens (tertiary/aromatic N) is 2. The fourth-order valence-corrected chi connectivity index (χ4v) is 3.08. The normalized spacial score (nSPS) is 15.2. The van der Waals surface area contributed by atoms with Crippen molar-refractivity contribution in [2.75, 3.05) is 4.90 Å². The van der Waals surface area contributed by atoms with Gasteiger partial charge in [-0.25, -0.2) is 4.99 Å². The molecule has 0 aliphatic carbocycles. The summed E-state index contributed by atoms with van der Waals surface area (Å²) in [6, 6.07) is 17.5. The summed E-state index contributed by atoms with van der Waals surface area (Å²) in [4.78, 5) is 18.6. The minimum atomic E-state index is -4.50. The van der Waals surface area contributed by atoms with Crippen LogP contribution in [0.2, 0.25) is 0 Å². The zero-order chi connectivity index (χ0) is 19.9. The number of phenols is 1. The number of carbonyl (C=O) groups excluding carboxylic acids is 1. The van der Waals surface area contributed by atoms with Gasteiger partial charge < -0.3 is 5.11 Å². The van der Waals surface area contributed by atoms with E-state index in [4.69, 9.17) is 0 Å². The molecule has 140 valence electrons. The Hall–Kier alpha value is -3.61. The zero-order valence-electron chi connectivity index (χ0n) is 14.3. The quantitative estimate of drug-likeness (QED) is 0.662. The van der Waals surface area contributed by atoms with Crippen LogP contribution in [-0.2, 0) is 11.0 Å². The van der Waals surface area contributed by atoms with Crippen LogP contribution in [0.4, 0.5) is 30.2 Å². The van der Waals surface area contributed by atoms with E-state index < -0.39 is 17.6 Å². The molecule has 0 saturated carbocycles. The Morgan fingerprint density at radius 2 is 1.64 bits per heavy atom. The summed E-state index contributed by atoms with van der Waals surface area (Å²) < 4.78 is 38.9. The largest absolute Gasteiger partial charge is 0.508 e. The molecule has 0 bridgehead atoms. The van der Waals surface area contributed by atoms with E-state index in [9.17, 15) is 23.1 Å². The number of anilines is 2. The number of aromatic hydroxyl groups is 1. The van der Waals surface area contributed by atoms with Gasteiger partial charge in [-0.3, -0.25) is 9.69 Å². The molecule has 1 N–H and O–H groups in total. The van der Waals surface area contributed by atoms with Gasteiger partial charge in [0.15, 0.2) is 0 Å². The number of hydrogen-bond donors (Lipinski definition) is 1. The van der Waals surface area contributed by atoms with Crippen molar-refractivity contribution < 1.29 is 23.1 Å². The second-order valence-corrected chi connectivity index (χ2v) is 6.19. The summed E-state index contributed by atoms with van der Waals surface area (Å²) in [5, 5.41) is 9.74. The molecule has 1 aliphatic heterocycles. The van der Waals surface area contributed by atoms with E-state index >= 15 is 0 Å². The number of alkyl halides is 3. The molecule has 1 amide bonds. The Morgan fingerprint density at radius 1 is 0.893 bits per heavy atom. The summed E-state index contributed by atoms with van der Waals surface area (Å²) in [5.41, 5.74) is 0.727. The van der Waals surface area contributed by atoms with Gasteiger partial charge in [0, 0.05) is 11.6 Å². The third-order valence-electron chi connectivity index (χ3n) is 4.31. The molecule has 3 aromatic carbocycles. The van der Waals surface area contributed by atoms with Gasteiger partial charge in [-0.1, -0.05) is 30.3 Å². The summed E-state index contributed by atoms with van der Waals surface area (Å²) >= 11 is 0. The molecule has 0 aromatic heterocycles. The van der Waals surface area contributed by atoms with Crippen LogP contribution in [0.25, 0.3) is 0 Å². The predicted molar refractivity (Wildman–Crippen MR) is 99.3 cm³/mol. The summed E-state index contributed by atoms with van der Waals surface area (Å²) in [6.07, 6.45) is -4.50. The van der Waals surface area contributed by atoms with Crippen LogP contribution in [0.5, 0.6) is 5.75 Å². The Labute approximate surface area is 158 Å². The number of fused-ring (bicyclic) bond motifs is 1. The van der Waals surface area contributed by atoms with Gasteiger partial charge in [-0.05, 0) is 36.4 Å². The van der Waals surface area contributed by atoms with Gasteiger partial charge >= 0.3 is 6.18 Å². The van der Waals surface area contributed by atoms with E-state index in [2.05, 4.69) is 4.99 Å². The lowest BCUT2D eigenvalue weighted by Crippen LogP contribution is -2.25. The van der Waals surface area contributed by atoms with Gasteiger partial charge in [-0.2, -0.15) is 13.2 Å². The van der Waals surface area contributed by atoms with Crippen molar-refractivity contribution in [1.82, 2.24) is 0 Å². The van der Waals surface area contributed by atoms with Gasteiger partial charge in [0.1, 0.15) is 11.5 Å². The predicted octanol–water partition coefficient (Wildman–Crippen LogP) is 5.21. The van der Waals surface area contributed by atoms with Crippen molar-refractivity contribution in [3.63, 3.8) is 0 Å². The van der Waals surface area contributed by atoms with Crippen LogP contribution in [0.1, 0.15) is 11.1 Å². The molecule has 7 heteroatoms. The van der Waals surface area contributed by atoms with Crippen LogP contribution < -0.4 is 4.90 Å². The highest BCUT2D eigenvalue weighted by atomic mass is 19.4. The van der Waals surface area contributed by atoms with Gasteiger partial charge in [-0.15, -0.1) is 0 Å². The molecule has 0 atom stereocenters. The van der Waals surface area contributed by atoms with Crippen LogP contribution in [0, 0.1) is 0 Å². The van der Waals surface area contributed by atoms with Crippen LogP contribution in [-0.4, -0.2) is 16.7 Å². The van der Waals surface area contributed by atoms with E-state index in [-0.39, 0.29) is 17.1 Å². The maximum Gasteiger partial charge on any atom is 0.416 e. The van der Waals surface area contributed by atoms with Crippen molar-refractivity contribution in [2.24, 2.45) is 4.99 Å². The molecular formula is C21H13F3N2O2. The first-order chi connectivity index (χ1) is 13.3. The third kappa shape index (κ3) is 3.11. The van der Waals surface area contributed by atoms with Gasteiger partial charge in [0.2, 0.25) is 0 Å². The van der Waals surface area contributed by atoms with Crippen molar-refractivity contribution in [1.29, 1.82) is 0 Å². The SMILES string of the molecule is O=C1/C(=N\c2cccc(C(F)(F)F)c2)c2ccccc2N1c1cccc(O)c1. The maximum absolute atomic E-state index is 13.1. The van der Waals surface area contributed by atoms with E-state index in [1.54, 1.807) is 36.4 Å². The van der Waals surface area contributed by atoms with E-state index in [0.717, 1.165) is 12.1 Å². The summed E-state index contributed by atoms with van der Waals surface area (Å²) in [7, 11) is 0. The fraction of sp³-hybridized carbons (Fsp3) is 0.0476. The zero-order valence-corrected chi connectivity index (χ0v) is 14.3. The highest BCUT2D eigenvalue weighted by Crippen LogP contribution is 2.38. The molecule has 4 rings (SSSR count). The first-order valence-electron chi connectivity index (χ1n) is 8.33. The molecule has 0 unspecified atom stereocenters. The Kier molecular flexibility index (Phi) is 4.15. The van der Waals surface area contributed by atoms with Crippen molar-refractivity contribution in [3.05, 3.63) is 83.9 Å². The number of benzene rings is 3. The molecule has 28 heavy (non-hydrogen) atoms.